The van der Waals surface area contributed by atoms with Gasteiger partial charge >= 0.3 is 0 Å². The van der Waals surface area contributed by atoms with Crippen LogP contribution in [0.25, 0.3) is 0 Å². The number of hydrogen-bond donors (Lipinski definition) is 2. The molecule has 2 aromatic carbocycles. The van der Waals surface area contributed by atoms with E-state index in [2.05, 4.69) is 5.32 Å². The maximum atomic E-state index is 12.4. The Kier molecular flexibility index (Phi) is 4.15. The minimum Gasteiger partial charge on any atom is -0.398 e. The first kappa shape index (κ1) is 14.9. The molecule has 3 N–H and O–H groups in total. The Bertz CT molecular complexity index is 763. The molecular formula is C16H14ClN3O. The van der Waals surface area contributed by atoms with E-state index in [1.807, 2.05) is 26.0 Å². The van der Waals surface area contributed by atoms with E-state index in [9.17, 15) is 4.79 Å². The molecule has 2 rings (SSSR count). The second-order valence-corrected chi connectivity index (χ2v) is 5.22. The molecule has 0 heterocycles. The molecule has 0 saturated heterocycles. The normalized spacial score (nSPS) is 10.0. The maximum Gasteiger partial charge on any atom is 0.256 e. The fraction of sp³-hybridized carbons (Fsp3) is 0.125. The van der Waals surface area contributed by atoms with Crippen LogP contribution in [0.4, 0.5) is 11.4 Å². The van der Waals surface area contributed by atoms with Crippen molar-refractivity contribution in [2.24, 2.45) is 0 Å². The number of rotatable bonds is 2. The highest BCUT2D eigenvalue weighted by atomic mass is 35.5. The molecule has 0 aromatic heterocycles. The number of benzene rings is 2. The lowest BCUT2D eigenvalue weighted by molar-refractivity contribution is 0.102. The van der Waals surface area contributed by atoms with Crippen molar-refractivity contribution in [1.29, 1.82) is 5.26 Å². The molecule has 2 aromatic rings. The van der Waals surface area contributed by atoms with E-state index in [0.717, 1.165) is 11.1 Å². The average Bonchev–Trinajstić information content (AvgIpc) is 2.43. The van der Waals surface area contributed by atoms with Crippen LogP contribution in [-0.4, -0.2) is 5.91 Å². The van der Waals surface area contributed by atoms with Gasteiger partial charge in [0.1, 0.15) is 6.07 Å². The third-order valence-corrected chi connectivity index (χ3v) is 3.44. The molecule has 0 aliphatic heterocycles. The number of anilines is 2. The first-order chi connectivity index (χ1) is 9.92. The SMILES string of the molecule is Cc1cc(C)c(C(=O)Nc2cc(Cl)ccc2C#N)cc1N. The fourth-order valence-electron chi connectivity index (χ4n) is 2.02. The van der Waals surface area contributed by atoms with Crippen LogP contribution < -0.4 is 11.1 Å². The summed E-state index contributed by atoms with van der Waals surface area (Å²) >= 11 is 5.90. The Hall–Kier alpha value is -2.51. The number of nitrogen functional groups attached to an aromatic ring is 1. The fourth-order valence-corrected chi connectivity index (χ4v) is 2.19. The zero-order chi connectivity index (χ0) is 15.6. The molecule has 0 saturated carbocycles. The second kappa shape index (κ2) is 5.86. The topological polar surface area (TPSA) is 78.9 Å². The lowest BCUT2D eigenvalue weighted by Gasteiger charge is -2.11. The van der Waals surface area contributed by atoms with E-state index in [0.29, 0.717) is 27.5 Å². The summed E-state index contributed by atoms with van der Waals surface area (Å²) in [5.41, 5.74) is 9.35. The van der Waals surface area contributed by atoms with Crippen molar-refractivity contribution in [1.82, 2.24) is 0 Å². The number of carbonyl (C=O) groups excluding carboxylic acids is 1. The molecule has 0 radical (unpaired) electrons. The summed E-state index contributed by atoms with van der Waals surface area (Å²) in [6.07, 6.45) is 0. The van der Waals surface area contributed by atoms with E-state index in [-0.39, 0.29) is 5.91 Å². The van der Waals surface area contributed by atoms with Crippen molar-refractivity contribution < 1.29 is 4.79 Å². The van der Waals surface area contributed by atoms with Crippen LogP contribution in [0.2, 0.25) is 5.02 Å². The van der Waals surface area contributed by atoms with Gasteiger partial charge < -0.3 is 11.1 Å². The summed E-state index contributed by atoms with van der Waals surface area (Å²) in [7, 11) is 0. The van der Waals surface area contributed by atoms with Crippen LogP contribution in [-0.2, 0) is 0 Å². The highest BCUT2D eigenvalue weighted by Crippen LogP contribution is 2.23. The van der Waals surface area contributed by atoms with Gasteiger partial charge in [-0.05, 0) is 49.2 Å². The second-order valence-electron chi connectivity index (χ2n) is 4.78. The van der Waals surface area contributed by atoms with E-state index in [1.165, 1.54) is 0 Å². The quantitative estimate of drug-likeness (QED) is 0.831. The van der Waals surface area contributed by atoms with Gasteiger partial charge in [-0.1, -0.05) is 17.7 Å². The molecule has 0 spiro atoms. The molecule has 21 heavy (non-hydrogen) atoms. The maximum absolute atomic E-state index is 12.4. The van der Waals surface area contributed by atoms with Gasteiger partial charge in [0.25, 0.3) is 5.91 Å². The Morgan fingerprint density at radius 1 is 1.24 bits per heavy atom. The number of hydrogen-bond acceptors (Lipinski definition) is 3. The van der Waals surface area contributed by atoms with Gasteiger partial charge in [0, 0.05) is 16.3 Å². The van der Waals surface area contributed by atoms with Crippen molar-refractivity contribution in [3.63, 3.8) is 0 Å². The van der Waals surface area contributed by atoms with Crippen LogP contribution in [0.3, 0.4) is 0 Å². The number of nitrogens with one attached hydrogen (secondary N) is 1. The van der Waals surface area contributed by atoms with Crippen LogP contribution in [0.15, 0.2) is 30.3 Å². The van der Waals surface area contributed by atoms with Gasteiger partial charge in [0.05, 0.1) is 11.3 Å². The molecular weight excluding hydrogens is 286 g/mol. The van der Waals surface area contributed by atoms with Gasteiger partial charge in [-0.3, -0.25) is 4.79 Å². The first-order valence-corrected chi connectivity index (χ1v) is 6.68. The van der Waals surface area contributed by atoms with E-state index >= 15 is 0 Å². The summed E-state index contributed by atoms with van der Waals surface area (Å²) in [5, 5.41) is 12.2. The molecule has 0 aliphatic carbocycles. The third-order valence-electron chi connectivity index (χ3n) is 3.21. The minimum atomic E-state index is -0.321. The summed E-state index contributed by atoms with van der Waals surface area (Å²) in [4.78, 5) is 12.4. The molecule has 0 unspecified atom stereocenters. The standard InChI is InChI=1S/C16H14ClN3O/c1-9-5-10(2)14(19)7-13(9)16(21)20-15-6-12(17)4-3-11(15)8-18/h3-7H,19H2,1-2H3,(H,20,21). The number of nitrogens with two attached hydrogens (primary N) is 1. The van der Waals surface area contributed by atoms with Gasteiger partial charge in [-0.25, -0.2) is 0 Å². The van der Waals surface area contributed by atoms with Crippen molar-refractivity contribution in [3.8, 4) is 6.07 Å². The highest BCUT2D eigenvalue weighted by Gasteiger charge is 2.13. The lowest BCUT2D eigenvalue weighted by Crippen LogP contribution is -2.15. The molecule has 4 nitrogen and oxygen atoms in total. The average molecular weight is 300 g/mol. The van der Waals surface area contributed by atoms with Crippen LogP contribution >= 0.6 is 11.6 Å². The Morgan fingerprint density at radius 2 is 1.95 bits per heavy atom. The van der Waals surface area contributed by atoms with Gasteiger partial charge in [-0.15, -0.1) is 0 Å². The Labute approximate surface area is 128 Å². The molecule has 5 heteroatoms. The lowest BCUT2D eigenvalue weighted by atomic mass is 10.0. The van der Waals surface area contributed by atoms with E-state index in [1.54, 1.807) is 24.3 Å². The summed E-state index contributed by atoms with van der Waals surface area (Å²) in [6.45, 7) is 3.72. The number of nitriles is 1. The predicted octanol–water partition coefficient (Wildman–Crippen LogP) is 3.66. The van der Waals surface area contributed by atoms with Gasteiger partial charge in [0.15, 0.2) is 0 Å². The Morgan fingerprint density at radius 3 is 2.62 bits per heavy atom. The summed E-state index contributed by atoms with van der Waals surface area (Å²) < 4.78 is 0. The molecule has 0 atom stereocenters. The first-order valence-electron chi connectivity index (χ1n) is 6.30. The van der Waals surface area contributed by atoms with E-state index in [4.69, 9.17) is 22.6 Å². The monoisotopic (exact) mass is 299 g/mol. The predicted molar refractivity (Wildman–Crippen MR) is 84.4 cm³/mol. The smallest absolute Gasteiger partial charge is 0.256 e. The highest BCUT2D eigenvalue weighted by molar-refractivity contribution is 6.31. The molecule has 0 aliphatic rings. The Balaban J connectivity index is 2.37. The number of amides is 1. The molecule has 0 fully saturated rings. The van der Waals surface area contributed by atoms with Crippen LogP contribution in [0, 0.1) is 25.2 Å². The minimum absolute atomic E-state index is 0.321. The molecule has 1 amide bonds. The zero-order valence-electron chi connectivity index (χ0n) is 11.7. The van der Waals surface area contributed by atoms with E-state index < -0.39 is 0 Å². The van der Waals surface area contributed by atoms with Crippen molar-refractivity contribution in [2.75, 3.05) is 11.1 Å². The van der Waals surface area contributed by atoms with Crippen molar-refractivity contribution in [3.05, 3.63) is 57.6 Å². The number of halogens is 1. The summed E-state index contributed by atoms with van der Waals surface area (Å²) in [6, 6.07) is 10.2. The number of carbonyl (C=O) groups is 1. The van der Waals surface area contributed by atoms with Crippen LogP contribution in [0.5, 0.6) is 0 Å². The number of nitrogens with zero attached hydrogens (tertiary/aromatic N) is 1. The van der Waals surface area contributed by atoms with Crippen molar-refractivity contribution >= 4 is 28.9 Å². The summed E-state index contributed by atoms with van der Waals surface area (Å²) in [5.74, 6) is -0.321. The largest absolute Gasteiger partial charge is 0.398 e. The molecule has 0 bridgehead atoms. The number of aryl methyl sites for hydroxylation is 2. The third kappa shape index (κ3) is 3.15. The van der Waals surface area contributed by atoms with Crippen LogP contribution in [0.1, 0.15) is 27.0 Å². The van der Waals surface area contributed by atoms with Crippen molar-refractivity contribution in [2.45, 2.75) is 13.8 Å². The van der Waals surface area contributed by atoms with Gasteiger partial charge in [0.2, 0.25) is 0 Å². The zero-order valence-corrected chi connectivity index (χ0v) is 12.5. The van der Waals surface area contributed by atoms with Gasteiger partial charge in [-0.2, -0.15) is 5.26 Å². The molecule has 106 valence electrons.